The van der Waals surface area contributed by atoms with E-state index in [0.29, 0.717) is 30.8 Å². The molecule has 7 heteroatoms. The summed E-state index contributed by atoms with van der Waals surface area (Å²) in [6, 6.07) is 0.780. The summed E-state index contributed by atoms with van der Waals surface area (Å²) in [4.78, 5) is 17.7. The van der Waals surface area contributed by atoms with Crippen molar-refractivity contribution in [1.82, 2.24) is 4.98 Å². The molecule has 0 fully saturated rings. The fourth-order valence-electron chi connectivity index (χ4n) is 2.48. The molecule has 2 aromatic rings. The summed E-state index contributed by atoms with van der Waals surface area (Å²) in [7, 11) is 0. The van der Waals surface area contributed by atoms with E-state index in [1.54, 1.807) is 6.92 Å². The van der Waals surface area contributed by atoms with Crippen LogP contribution in [0.25, 0.3) is 0 Å². The van der Waals surface area contributed by atoms with Crippen LogP contribution in [0.2, 0.25) is 0 Å². The Morgan fingerprint density at radius 2 is 2.19 bits per heavy atom. The zero-order chi connectivity index (χ0) is 15.1. The lowest BCUT2D eigenvalue weighted by molar-refractivity contribution is 0.0979. The van der Waals surface area contributed by atoms with Crippen LogP contribution < -0.4 is 4.90 Å². The van der Waals surface area contributed by atoms with Crippen molar-refractivity contribution in [3.05, 3.63) is 45.6 Å². The Morgan fingerprint density at radius 3 is 2.86 bits per heavy atom. The third-order valence-electron chi connectivity index (χ3n) is 3.40. The molecular weight excluding hydrogens is 346 g/mol. The van der Waals surface area contributed by atoms with Crippen molar-refractivity contribution in [1.29, 1.82) is 0 Å². The summed E-state index contributed by atoms with van der Waals surface area (Å²) >= 11 is 3.12. The molecule has 0 saturated heterocycles. The third-order valence-corrected chi connectivity index (χ3v) is 4.26. The molecule has 1 amide bonds. The quantitative estimate of drug-likeness (QED) is 0.733. The Labute approximate surface area is 127 Å². The molecule has 1 aliphatic rings. The average molecular weight is 357 g/mol. The van der Waals surface area contributed by atoms with Crippen LogP contribution in [0.3, 0.4) is 0 Å². The van der Waals surface area contributed by atoms with Crippen molar-refractivity contribution >= 4 is 27.5 Å². The maximum absolute atomic E-state index is 14.1. The Morgan fingerprint density at radius 1 is 1.43 bits per heavy atom. The van der Waals surface area contributed by atoms with Gasteiger partial charge < -0.3 is 9.32 Å². The van der Waals surface area contributed by atoms with Gasteiger partial charge in [0.1, 0.15) is 17.9 Å². The van der Waals surface area contributed by atoms with Crippen molar-refractivity contribution in [3.8, 4) is 0 Å². The van der Waals surface area contributed by atoms with E-state index in [1.807, 2.05) is 0 Å². The number of carbonyl (C=O) groups is 1. The highest BCUT2D eigenvalue weighted by Gasteiger charge is 2.30. The van der Waals surface area contributed by atoms with E-state index in [1.165, 1.54) is 11.2 Å². The van der Waals surface area contributed by atoms with Gasteiger partial charge in [-0.2, -0.15) is 0 Å². The molecule has 0 spiro atoms. The molecular formula is C14H11BrF2N2O2. The first-order chi connectivity index (χ1) is 9.99. The first-order valence-corrected chi connectivity index (χ1v) is 7.18. The molecule has 0 atom stereocenters. The number of hydrogen-bond donors (Lipinski definition) is 0. The first kappa shape index (κ1) is 14.2. The second-order valence-corrected chi connectivity index (χ2v) is 5.59. The van der Waals surface area contributed by atoms with Crippen molar-refractivity contribution in [2.24, 2.45) is 0 Å². The van der Waals surface area contributed by atoms with Gasteiger partial charge in [0.15, 0.2) is 11.6 Å². The smallest absolute Gasteiger partial charge is 0.280 e. The van der Waals surface area contributed by atoms with Crippen molar-refractivity contribution < 1.29 is 18.0 Å². The molecule has 21 heavy (non-hydrogen) atoms. The maximum Gasteiger partial charge on any atom is 0.280 e. The Hall–Kier alpha value is -1.76. The maximum atomic E-state index is 14.1. The van der Waals surface area contributed by atoms with Crippen LogP contribution in [0.4, 0.5) is 14.5 Å². The van der Waals surface area contributed by atoms with Gasteiger partial charge >= 0.3 is 0 Å². The predicted molar refractivity (Wildman–Crippen MR) is 75.3 cm³/mol. The highest BCUT2D eigenvalue weighted by Crippen LogP contribution is 2.37. The van der Waals surface area contributed by atoms with Gasteiger partial charge in [0.25, 0.3) is 5.91 Å². The standard InChI is InChI=1S/C14H11BrF2N2O2/c1-7-18-11(6-21-7)14(20)19-4-2-3-8-12(15)9(16)5-10(17)13(8)19/h5-6H,2-4H2,1H3. The number of anilines is 1. The van der Waals surface area contributed by atoms with Gasteiger partial charge in [-0.3, -0.25) is 4.79 Å². The number of halogens is 3. The predicted octanol–water partition coefficient (Wildman–Crippen LogP) is 3.62. The fraction of sp³-hybridized carbons (Fsp3) is 0.286. The second kappa shape index (κ2) is 5.22. The molecule has 0 bridgehead atoms. The summed E-state index contributed by atoms with van der Waals surface area (Å²) in [6.45, 7) is 1.97. The van der Waals surface area contributed by atoms with Gasteiger partial charge in [0, 0.05) is 19.5 Å². The van der Waals surface area contributed by atoms with Crippen LogP contribution in [0.1, 0.15) is 28.4 Å². The van der Waals surface area contributed by atoms with Crippen molar-refractivity contribution in [2.75, 3.05) is 11.4 Å². The SMILES string of the molecule is Cc1nc(C(=O)N2CCCc3c(Br)c(F)cc(F)c32)co1. The summed E-state index contributed by atoms with van der Waals surface area (Å²) in [6.07, 6.45) is 2.37. The number of carbonyl (C=O) groups excluding carboxylic acids is 1. The van der Waals surface area contributed by atoms with Crippen LogP contribution in [0, 0.1) is 18.6 Å². The molecule has 2 heterocycles. The number of amides is 1. The summed E-state index contributed by atoms with van der Waals surface area (Å²) in [5.74, 6) is -1.52. The van der Waals surface area contributed by atoms with E-state index < -0.39 is 17.5 Å². The van der Waals surface area contributed by atoms with Crippen LogP contribution >= 0.6 is 15.9 Å². The topological polar surface area (TPSA) is 46.3 Å². The van der Waals surface area contributed by atoms with Crippen LogP contribution in [0.15, 0.2) is 21.2 Å². The molecule has 0 N–H and O–H groups in total. The number of nitrogens with zero attached hydrogens (tertiary/aromatic N) is 2. The number of hydrogen-bond acceptors (Lipinski definition) is 3. The molecule has 1 aromatic heterocycles. The van der Waals surface area contributed by atoms with E-state index in [4.69, 9.17) is 4.42 Å². The zero-order valence-corrected chi connectivity index (χ0v) is 12.7. The van der Waals surface area contributed by atoms with Crippen molar-refractivity contribution in [2.45, 2.75) is 19.8 Å². The van der Waals surface area contributed by atoms with E-state index in [2.05, 4.69) is 20.9 Å². The van der Waals surface area contributed by atoms with E-state index in [0.717, 1.165) is 6.07 Å². The summed E-state index contributed by atoms with van der Waals surface area (Å²) in [5.41, 5.74) is 0.688. The number of aromatic nitrogens is 1. The largest absolute Gasteiger partial charge is 0.448 e. The molecule has 0 unspecified atom stereocenters. The second-order valence-electron chi connectivity index (χ2n) is 4.79. The lowest BCUT2D eigenvalue weighted by atomic mass is 10.0. The normalized spacial score (nSPS) is 14.2. The minimum absolute atomic E-state index is 0.111. The Balaban J connectivity index is 2.09. The molecule has 1 aliphatic heterocycles. The van der Waals surface area contributed by atoms with Crippen molar-refractivity contribution in [3.63, 3.8) is 0 Å². The van der Waals surface area contributed by atoms with Gasteiger partial charge in [-0.25, -0.2) is 13.8 Å². The molecule has 0 saturated carbocycles. The summed E-state index contributed by atoms with van der Waals surface area (Å²) in [5, 5.41) is 0. The molecule has 4 nitrogen and oxygen atoms in total. The lowest BCUT2D eigenvalue weighted by Gasteiger charge is -2.30. The molecule has 0 radical (unpaired) electrons. The minimum Gasteiger partial charge on any atom is -0.448 e. The van der Waals surface area contributed by atoms with Crippen LogP contribution in [-0.2, 0) is 6.42 Å². The highest BCUT2D eigenvalue weighted by atomic mass is 79.9. The summed E-state index contributed by atoms with van der Waals surface area (Å²) < 4.78 is 33.0. The zero-order valence-electron chi connectivity index (χ0n) is 11.1. The van der Waals surface area contributed by atoms with Gasteiger partial charge in [-0.05, 0) is 34.3 Å². The van der Waals surface area contributed by atoms with E-state index in [9.17, 15) is 13.6 Å². The molecule has 1 aromatic carbocycles. The fourth-order valence-corrected chi connectivity index (χ4v) is 2.98. The average Bonchev–Trinajstić information content (AvgIpc) is 2.90. The molecule has 110 valence electrons. The van der Waals surface area contributed by atoms with Gasteiger partial charge in [0.05, 0.1) is 10.2 Å². The lowest BCUT2D eigenvalue weighted by Crippen LogP contribution is -2.36. The number of benzene rings is 1. The Kier molecular flexibility index (Phi) is 3.52. The molecule has 3 rings (SSSR count). The number of rotatable bonds is 1. The number of fused-ring (bicyclic) bond motifs is 1. The molecule has 0 aliphatic carbocycles. The van der Waals surface area contributed by atoms with Gasteiger partial charge in [-0.15, -0.1) is 0 Å². The van der Waals surface area contributed by atoms with E-state index >= 15 is 0 Å². The third kappa shape index (κ3) is 2.35. The van der Waals surface area contributed by atoms with Crippen LogP contribution in [-0.4, -0.2) is 17.4 Å². The monoisotopic (exact) mass is 356 g/mol. The van der Waals surface area contributed by atoms with Gasteiger partial charge in [0.2, 0.25) is 0 Å². The number of aryl methyl sites for hydroxylation is 1. The minimum atomic E-state index is -0.751. The Bertz CT molecular complexity index is 730. The first-order valence-electron chi connectivity index (χ1n) is 6.39. The van der Waals surface area contributed by atoms with Gasteiger partial charge in [-0.1, -0.05) is 0 Å². The number of oxazole rings is 1. The highest BCUT2D eigenvalue weighted by molar-refractivity contribution is 9.10. The van der Waals surface area contributed by atoms with Crippen LogP contribution in [0.5, 0.6) is 0 Å². The van der Waals surface area contributed by atoms with E-state index in [-0.39, 0.29) is 15.9 Å².